The molecule has 0 aliphatic rings. The second kappa shape index (κ2) is 7.47. The van der Waals surface area contributed by atoms with E-state index < -0.39 is 0 Å². The van der Waals surface area contributed by atoms with Crippen molar-refractivity contribution in [1.82, 2.24) is 15.5 Å². The van der Waals surface area contributed by atoms with Gasteiger partial charge in [-0.2, -0.15) is 0 Å². The Kier molecular flexibility index (Phi) is 5.33. The lowest BCUT2D eigenvalue weighted by molar-refractivity contribution is 0.455. The predicted molar refractivity (Wildman–Crippen MR) is 98.4 cm³/mol. The fraction of sp³-hybridized carbons (Fsp3) is 0.333. The molecule has 6 heteroatoms. The Morgan fingerprint density at radius 3 is 2.67 bits per heavy atom. The van der Waals surface area contributed by atoms with Crippen molar-refractivity contribution in [3.05, 3.63) is 57.2 Å². The third-order valence-corrected chi connectivity index (χ3v) is 5.57. The van der Waals surface area contributed by atoms with E-state index in [1.54, 1.807) is 11.3 Å². The van der Waals surface area contributed by atoms with Gasteiger partial charge in [-0.1, -0.05) is 30.7 Å². The molecule has 1 aromatic carbocycles. The molecule has 0 aliphatic heterocycles. The van der Waals surface area contributed by atoms with Crippen LogP contribution in [0.5, 0.6) is 0 Å². The third-order valence-electron chi connectivity index (χ3n) is 3.95. The molecular formula is C18H20ClN3OS. The van der Waals surface area contributed by atoms with Crippen LogP contribution in [0, 0.1) is 6.92 Å². The summed E-state index contributed by atoms with van der Waals surface area (Å²) in [4.78, 5) is 2.40. The van der Waals surface area contributed by atoms with Crippen LogP contribution in [0.3, 0.4) is 0 Å². The van der Waals surface area contributed by atoms with Crippen LogP contribution in [0.4, 0.5) is 0 Å². The van der Waals surface area contributed by atoms with Crippen molar-refractivity contribution in [1.29, 1.82) is 0 Å². The molecule has 1 N–H and O–H groups in total. The Hall–Kier alpha value is -1.69. The zero-order valence-corrected chi connectivity index (χ0v) is 15.5. The minimum atomic E-state index is 0.174. The molecule has 0 aliphatic carbocycles. The van der Waals surface area contributed by atoms with Crippen LogP contribution in [0.1, 0.15) is 41.8 Å². The number of hydrogen-bond donors (Lipinski definition) is 1. The fourth-order valence-corrected chi connectivity index (χ4v) is 3.67. The summed E-state index contributed by atoms with van der Waals surface area (Å²) in [6.45, 7) is 6.90. The van der Waals surface area contributed by atoms with Gasteiger partial charge in [0.25, 0.3) is 5.89 Å². The Bertz CT molecular complexity index is 810. The molecule has 4 nitrogen and oxygen atoms in total. The van der Waals surface area contributed by atoms with Gasteiger partial charge in [0.2, 0.25) is 5.89 Å². The van der Waals surface area contributed by atoms with Crippen molar-refractivity contribution in [2.45, 2.75) is 39.8 Å². The van der Waals surface area contributed by atoms with E-state index in [-0.39, 0.29) is 6.04 Å². The maximum absolute atomic E-state index is 5.92. The van der Waals surface area contributed by atoms with Gasteiger partial charge >= 0.3 is 0 Å². The number of nitrogens with one attached hydrogen (secondary N) is 1. The van der Waals surface area contributed by atoms with Gasteiger partial charge in [-0.15, -0.1) is 21.5 Å². The first-order valence-electron chi connectivity index (χ1n) is 7.97. The van der Waals surface area contributed by atoms with Gasteiger partial charge in [-0.25, -0.2) is 0 Å². The molecule has 0 bridgehead atoms. The zero-order valence-electron chi connectivity index (χ0n) is 14.0. The van der Waals surface area contributed by atoms with Gasteiger partial charge in [-0.3, -0.25) is 0 Å². The zero-order chi connectivity index (χ0) is 17.1. The Morgan fingerprint density at radius 1 is 1.25 bits per heavy atom. The van der Waals surface area contributed by atoms with Crippen LogP contribution in [0.2, 0.25) is 5.02 Å². The number of halogens is 1. The van der Waals surface area contributed by atoms with E-state index in [2.05, 4.69) is 42.4 Å². The van der Waals surface area contributed by atoms with E-state index in [1.807, 2.05) is 24.3 Å². The van der Waals surface area contributed by atoms with Crippen LogP contribution in [-0.4, -0.2) is 10.2 Å². The summed E-state index contributed by atoms with van der Waals surface area (Å²) in [5.74, 6) is 1.19. The molecule has 0 saturated heterocycles. The SMILES string of the molecule is CCc1sc(-c2nnc(CN[C@H](C)c3ccc(Cl)cc3)o2)cc1C. The average Bonchev–Trinajstić information content (AvgIpc) is 3.19. The van der Waals surface area contributed by atoms with Crippen LogP contribution in [-0.2, 0) is 13.0 Å². The molecule has 0 spiro atoms. The van der Waals surface area contributed by atoms with E-state index in [0.29, 0.717) is 18.3 Å². The van der Waals surface area contributed by atoms with Gasteiger partial charge in [0, 0.05) is 15.9 Å². The first kappa shape index (κ1) is 17.1. The van der Waals surface area contributed by atoms with Crippen molar-refractivity contribution in [2.24, 2.45) is 0 Å². The van der Waals surface area contributed by atoms with Crippen molar-refractivity contribution >= 4 is 22.9 Å². The van der Waals surface area contributed by atoms with Crippen molar-refractivity contribution in [3.8, 4) is 10.8 Å². The van der Waals surface area contributed by atoms with Crippen molar-refractivity contribution < 1.29 is 4.42 Å². The Labute approximate surface area is 150 Å². The molecule has 3 rings (SSSR count). The molecule has 0 radical (unpaired) electrons. The van der Waals surface area contributed by atoms with E-state index in [1.165, 1.54) is 16.0 Å². The molecule has 0 amide bonds. The van der Waals surface area contributed by atoms with E-state index in [9.17, 15) is 0 Å². The molecule has 0 unspecified atom stereocenters. The van der Waals surface area contributed by atoms with Gasteiger partial charge in [0.15, 0.2) is 0 Å². The third kappa shape index (κ3) is 3.86. The number of nitrogens with zero attached hydrogens (tertiary/aromatic N) is 2. The quantitative estimate of drug-likeness (QED) is 0.657. The molecule has 0 saturated carbocycles. The highest BCUT2D eigenvalue weighted by Gasteiger charge is 2.14. The first-order chi connectivity index (χ1) is 11.6. The molecular weight excluding hydrogens is 342 g/mol. The summed E-state index contributed by atoms with van der Waals surface area (Å²) in [6.07, 6.45) is 1.03. The van der Waals surface area contributed by atoms with Gasteiger partial charge in [0.1, 0.15) is 0 Å². The van der Waals surface area contributed by atoms with Crippen LogP contribution in [0.25, 0.3) is 10.8 Å². The minimum absolute atomic E-state index is 0.174. The van der Waals surface area contributed by atoms with Crippen LogP contribution in [0.15, 0.2) is 34.7 Å². The maximum Gasteiger partial charge on any atom is 0.257 e. The molecule has 0 fully saturated rings. The first-order valence-corrected chi connectivity index (χ1v) is 9.17. The average molecular weight is 362 g/mol. The highest BCUT2D eigenvalue weighted by atomic mass is 35.5. The lowest BCUT2D eigenvalue weighted by Gasteiger charge is -2.12. The predicted octanol–water partition coefficient (Wildman–Crippen LogP) is 5.17. The number of thiophene rings is 1. The largest absolute Gasteiger partial charge is 0.419 e. The van der Waals surface area contributed by atoms with Gasteiger partial charge in [0.05, 0.1) is 11.4 Å². The van der Waals surface area contributed by atoms with E-state index in [4.69, 9.17) is 16.0 Å². The van der Waals surface area contributed by atoms with E-state index >= 15 is 0 Å². The molecule has 3 aromatic rings. The van der Waals surface area contributed by atoms with Gasteiger partial charge in [-0.05, 0) is 49.6 Å². The standard InChI is InChI=1S/C18H20ClN3OS/c1-4-15-11(2)9-16(24-15)18-22-21-17(23-18)10-20-12(3)13-5-7-14(19)8-6-13/h5-9,12,20H,4,10H2,1-3H3/t12-/m1/s1. The van der Waals surface area contributed by atoms with E-state index in [0.717, 1.165) is 16.3 Å². The number of rotatable bonds is 6. The number of aromatic nitrogens is 2. The molecule has 126 valence electrons. The summed E-state index contributed by atoms with van der Waals surface area (Å²) < 4.78 is 5.79. The molecule has 1 atom stereocenters. The minimum Gasteiger partial charge on any atom is -0.419 e. The maximum atomic E-state index is 5.92. The fourth-order valence-electron chi connectivity index (χ4n) is 2.51. The highest BCUT2D eigenvalue weighted by Crippen LogP contribution is 2.30. The highest BCUT2D eigenvalue weighted by molar-refractivity contribution is 7.15. The second-order valence-corrected chi connectivity index (χ2v) is 7.30. The van der Waals surface area contributed by atoms with Crippen molar-refractivity contribution in [3.63, 3.8) is 0 Å². The smallest absolute Gasteiger partial charge is 0.257 e. The molecule has 2 heterocycles. The lowest BCUT2D eigenvalue weighted by Crippen LogP contribution is -2.18. The second-order valence-electron chi connectivity index (χ2n) is 5.73. The normalized spacial score (nSPS) is 12.5. The van der Waals surface area contributed by atoms with Crippen molar-refractivity contribution in [2.75, 3.05) is 0 Å². The monoisotopic (exact) mass is 361 g/mol. The summed E-state index contributed by atoms with van der Waals surface area (Å²) in [6, 6.07) is 10.1. The molecule has 2 aromatic heterocycles. The number of benzene rings is 1. The summed E-state index contributed by atoms with van der Waals surface area (Å²) in [5.41, 5.74) is 2.45. The van der Waals surface area contributed by atoms with Crippen LogP contribution < -0.4 is 5.32 Å². The molecule has 24 heavy (non-hydrogen) atoms. The Balaban J connectivity index is 1.64. The lowest BCUT2D eigenvalue weighted by atomic mass is 10.1. The summed E-state index contributed by atoms with van der Waals surface area (Å²) >= 11 is 7.64. The topological polar surface area (TPSA) is 51.0 Å². The number of hydrogen-bond acceptors (Lipinski definition) is 5. The summed E-state index contributed by atoms with van der Waals surface area (Å²) in [5, 5.41) is 12.4. The Morgan fingerprint density at radius 2 is 2.00 bits per heavy atom. The number of aryl methyl sites for hydroxylation is 2. The van der Waals surface area contributed by atoms with Gasteiger partial charge < -0.3 is 9.73 Å². The van der Waals surface area contributed by atoms with Crippen LogP contribution >= 0.6 is 22.9 Å². The summed E-state index contributed by atoms with van der Waals surface area (Å²) in [7, 11) is 0.